The molecule has 1 aromatic heterocycles. The van der Waals surface area contributed by atoms with Crippen molar-refractivity contribution in [3.8, 4) is 5.69 Å². The molecule has 22 heavy (non-hydrogen) atoms. The van der Waals surface area contributed by atoms with E-state index in [0.29, 0.717) is 27.1 Å². The molecular formula is C13H12ClN3O3S2. The second-order valence-corrected chi connectivity index (χ2v) is 8.52. The van der Waals surface area contributed by atoms with Crippen molar-refractivity contribution in [3.05, 3.63) is 51.0 Å². The van der Waals surface area contributed by atoms with Crippen molar-refractivity contribution < 1.29 is 8.42 Å². The molecule has 1 aliphatic rings. The first-order valence-corrected chi connectivity index (χ1v) is 9.21. The highest BCUT2D eigenvalue weighted by Gasteiger charge is 2.35. The average Bonchev–Trinajstić information content (AvgIpc) is 2.85. The Morgan fingerprint density at radius 2 is 2.09 bits per heavy atom. The highest BCUT2D eigenvalue weighted by Crippen LogP contribution is 2.36. The Morgan fingerprint density at radius 1 is 1.41 bits per heavy atom. The van der Waals surface area contributed by atoms with Crippen LogP contribution in [-0.4, -0.2) is 22.6 Å². The van der Waals surface area contributed by atoms with E-state index < -0.39 is 14.6 Å². The summed E-state index contributed by atoms with van der Waals surface area (Å²) in [6.07, 6.45) is 0.0510. The summed E-state index contributed by atoms with van der Waals surface area (Å²) in [4.78, 5) is 17.1. The maximum atomic E-state index is 12.7. The summed E-state index contributed by atoms with van der Waals surface area (Å²) in [5, 5.41) is 6.02. The molecule has 1 unspecified atom stereocenters. The third-order valence-electron chi connectivity index (χ3n) is 3.38. The molecule has 0 radical (unpaired) electrons. The maximum absolute atomic E-state index is 12.7. The van der Waals surface area contributed by atoms with Crippen molar-refractivity contribution in [3.63, 3.8) is 0 Å². The minimum Gasteiger partial charge on any atom is -0.269 e. The van der Waals surface area contributed by atoms with Crippen molar-refractivity contribution in [2.45, 2.75) is 23.0 Å². The molecule has 6 nitrogen and oxygen atoms in total. The summed E-state index contributed by atoms with van der Waals surface area (Å²) < 4.78 is 23.5. The summed E-state index contributed by atoms with van der Waals surface area (Å²) in [5.41, 5.74) is 0.565. The number of aryl methyl sites for hydroxylation is 1. The minimum atomic E-state index is -3.74. The van der Waals surface area contributed by atoms with Crippen molar-refractivity contribution in [1.29, 1.82) is 0 Å². The molecule has 0 spiro atoms. The van der Waals surface area contributed by atoms with Gasteiger partial charge in [0.2, 0.25) is 10.0 Å². The van der Waals surface area contributed by atoms with Gasteiger partial charge in [0.05, 0.1) is 16.3 Å². The van der Waals surface area contributed by atoms with Crippen LogP contribution < -0.4 is 10.7 Å². The predicted molar refractivity (Wildman–Crippen MR) is 86.0 cm³/mol. The van der Waals surface area contributed by atoms with Gasteiger partial charge in [-0.25, -0.2) is 18.5 Å². The van der Waals surface area contributed by atoms with Gasteiger partial charge in [0.25, 0.3) is 5.56 Å². The van der Waals surface area contributed by atoms with Gasteiger partial charge >= 0.3 is 0 Å². The maximum Gasteiger partial charge on any atom is 0.262 e. The van der Waals surface area contributed by atoms with Crippen LogP contribution in [0.15, 0.2) is 34.1 Å². The molecule has 116 valence electrons. The van der Waals surface area contributed by atoms with Crippen molar-refractivity contribution in [2.24, 2.45) is 5.14 Å². The van der Waals surface area contributed by atoms with Crippen LogP contribution >= 0.6 is 23.4 Å². The molecule has 0 fully saturated rings. The number of nitrogens with zero attached hydrogens (tertiary/aromatic N) is 2. The molecule has 0 amide bonds. The van der Waals surface area contributed by atoms with Gasteiger partial charge in [-0.15, -0.1) is 0 Å². The third-order valence-corrected chi connectivity index (χ3v) is 6.68. The molecule has 9 heteroatoms. The van der Waals surface area contributed by atoms with E-state index in [-0.39, 0.29) is 12.0 Å². The largest absolute Gasteiger partial charge is 0.269 e. The van der Waals surface area contributed by atoms with Gasteiger partial charge in [0, 0.05) is 6.42 Å². The standard InChI is InChI=1S/C13H12ClN3O3S2/c1-7-16-12-8(6-11(21-12)22(15,19)20)13(18)17(7)10-5-3-2-4-9(10)14/h2-5,11H,6H2,1H3,(H2,15,19,20). The Balaban J connectivity index is 2.19. The molecule has 1 atom stereocenters. The Labute approximate surface area is 136 Å². The quantitative estimate of drug-likeness (QED) is 0.821. The number of sulfonamides is 1. The highest BCUT2D eigenvalue weighted by molar-refractivity contribution is 8.12. The Morgan fingerprint density at radius 3 is 2.73 bits per heavy atom. The third kappa shape index (κ3) is 2.56. The van der Waals surface area contributed by atoms with E-state index in [1.807, 2.05) is 0 Å². The van der Waals surface area contributed by atoms with E-state index in [1.165, 1.54) is 4.57 Å². The molecule has 0 saturated carbocycles. The smallest absolute Gasteiger partial charge is 0.262 e. The minimum absolute atomic E-state index is 0.0510. The zero-order chi connectivity index (χ0) is 16.1. The molecule has 1 aromatic carbocycles. The molecule has 2 N–H and O–H groups in total. The molecular weight excluding hydrogens is 346 g/mol. The Hall–Kier alpha value is -1.35. The lowest BCUT2D eigenvalue weighted by molar-refractivity contribution is 0.594. The van der Waals surface area contributed by atoms with Crippen LogP contribution in [0.2, 0.25) is 5.02 Å². The van der Waals surface area contributed by atoms with E-state index in [2.05, 4.69) is 4.98 Å². The molecule has 2 aromatic rings. The summed E-state index contributed by atoms with van der Waals surface area (Å²) in [6.45, 7) is 1.68. The van der Waals surface area contributed by atoms with Crippen molar-refractivity contribution in [1.82, 2.24) is 9.55 Å². The van der Waals surface area contributed by atoms with Gasteiger partial charge < -0.3 is 0 Å². The van der Waals surface area contributed by atoms with Gasteiger partial charge in [0.1, 0.15) is 15.4 Å². The van der Waals surface area contributed by atoms with E-state index in [4.69, 9.17) is 16.7 Å². The zero-order valence-electron chi connectivity index (χ0n) is 11.5. The number of halogens is 1. The van der Waals surface area contributed by atoms with Gasteiger partial charge in [-0.2, -0.15) is 0 Å². The number of thioether (sulfide) groups is 1. The number of primary sulfonamides is 1. The lowest BCUT2D eigenvalue weighted by Gasteiger charge is -2.12. The van der Waals surface area contributed by atoms with E-state index in [1.54, 1.807) is 31.2 Å². The van der Waals surface area contributed by atoms with Crippen LogP contribution in [0, 0.1) is 6.92 Å². The number of benzene rings is 1. The fraction of sp³-hybridized carbons (Fsp3) is 0.231. The molecule has 1 aliphatic heterocycles. The second kappa shape index (κ2) is 5.38. The topological polar surface area (TPSA) is 95.0 Å². The monoisotopic (exact) mass is 357 g/mol. The lowest BCUT2D eigenvalue weighted by Crippen LogP contribution is -2.28. The summed E-state index contributed by atoms with van der Waals surface area (Å²) >= 11 is 7.16. The van der Waals surface area contributed by atoms with Crippen LogP contribution in [0.4, 0.5) is 0 Å². The molecule has 0 saturated heterocycles. The fourth-order valence-electron chi connectivity index (χ4n) is 2.34. The van der Waals surface area contributed by atoms with E-state index in [9.17, 15) is 13.2 Å². The molecule has 2 heterocycles. The van der Waals surface area contributed by atoms with E-state index in [0.717, 1.165) is 11.8 Å². The number of nitrogens with two attached hydrogens (primary N) is 1. The van der Waals surface area contributed by atoms with Gasteiger partial charge in [0.15, 0.2) is 0 Å². The summed E-state index contributed by atoms with van der Waals surface area (Å²) in [7, 11) is -3.74. The number of para-hydroxylation sites is 1. The number of rotatable bonds is 2. The normalized spacial score (nSPS) is 17.5. The lowest BCUT2D eigenvalue weighted by atomic mass is 10.2. The van der Waals surface area contributed by atoms with Gasteiger partial charge in [-0.05, 0) is 19.1 Å². The Kier molecular flexibility index (Phi) is 3.80. The summed E-state index contributed by atoms with van der Waals surface area (Å²) in [6, 6.07) is 6.92. The second-order valence-electron chi connectivity index (χ2n) is 4.88. The molecule has 3 rings (SSSR count). The van der Waals surface area contributed by atoms with Gasteiger partial charge in [-0.1, -0.05) is 35.5 Å². The fourth-order valence-corrected chi connectivity index (χ4v) is 4.77. The predicted octanol–water partition coefficient (Wildman–Crippen LogP) is 1.46. The highest BCUT2D eigenvalue weighted by atomic mass is 35.5. The van der Waals surface area contributed by atoms with Gasteiger partial charge in [-0.3, -0.25) is 9.36 Å². The molecule has 0 aliphatic carbocycles. The van der Waals surface area contributed by atoms with Crippen molar-refractivity contribution in [2.75, 3.05) is 0 Å². The first kappa shape index (κ1) is 15.5. The van der Waals surface area contributed by atoms with Crippen LogP contribution in [0.5, 0.6) is 0 Å². The van der Waals surface area contributed by atoms with Crippen LogP contribution in [0.3, 0.4) is 0 Å². The zero-order valence-corrected chi connectivity index (χ0v) is 13.9. The first-order chi connectivity index (χ1) is 10.3. The first-order valence-electron chi connectivity index (χ1n) is 6.34. The summed E-state index contributed by atoms with van der Waals surface area (Å²) in [5.74, 6) is 0.444. The number of hydrogen-bond acceptors (Lipinski definition) is 5. The van der Waals surface area contributed by atoms with E-state index >= 15 is 0 Å². The number of hydrogen-bond donors (Lipinski definition) is 1. The van der Waals surface area contributed by atoms with Crippen LogP contribution in [0.1, 0.15) is 11.4 Å². The number of fused-ring (bicyclic) bond motifs is 1. The van der Waals surface area contributed by atoms with Crippen molar-refractivity contribution >= 4 is 33.4 Å². The SMILES string of the molecule is Cc1nc2c(c(=O)n1-c1ccccc1Cl)CC(S(N)(=O)=O)S2. The molecule has 0 bridgehead atoms. The van der Waals surface area contributed by atoms with Crippen LogP contribution in [0.25, 0.3) is 5.69 Å². The van der Waals surface area contributed by atoms with Crippen LogP contribution in [-0.2, 0) is 16.4 Å². The number of aromatic nitrogens is 2. The average molecular weight is 358 g/mol. The Bertz CT molecular complexity index is 925.